The third-order valence-electron chi connectivity index (χ3n) is 4.11. The average Bonchev–Trinajstić information content (AvgIpc) is 2.55. The maximum Gasteiger partial charge on any atom is 0.263 e. The van der Waals surface area contributed by atoms with Crippen LogP contribution in [0.4, 0.5) is 0 Å². The van der Waals surface area contributed by atoms with Gasteiger partial charge in [0.05, 0.1) is 6.10 Å². The van der Waals surface area contributed by atoms with Crippen molar-refractivity contribution in [2.75, 3.05) is 26.2 Å². The van der Waals surface area contributed by atoms with Crippen molar-refractivity contribution in [2.24, 2.45) is 5.73 Å². The molecule has 0 spiro atoms. The summed E-state index contributed by atoms with van der Waals surface area (Å²) in [4.78, 5) is 14.4. The van der Waals surface area contributed by atoms with E-state index in [1.54, 1.807) is 0 Å². The van der Waals surface area contributed by atoms with Gasteiger partial charge >= 0.3 is 0 Å². The largest absolute Gasteiger partial charge is 0.481 e. The number of piperidine rings is 1. The Labute approximate surface area is 138 Å². The molecule has 1 atom stereocenters. The Kier molecular flexibility index (Phi) is 6.86. The minimum atomic E-state index is -0.466. The topological polar surface area (TPSA) is 64.8 Å². The van der Waals surface area contributed by atoms with Crippen LogP contribution in [0.1, 0.15) is 31.7 Å². The van der Waals surface area contributed by atoms with Crippen LogP contribution in [-0.4, -0.2) is 49.3 Å². The fourth-order valence-corrected chi connectivity index (χ4v) is 2.78. The fraction of sp³-hybridized carbons (Fsp3) is 0.611. The lowest BCUT2D eigenvalue weighted by atomic mass is 10.1. The first-order valence-electron chi connectivity index (χ1n) is 8.44. The molecule has 1 saturated heterocycles. The van der Waals surface area contributed by atoms with Crippen molar-refractivity contribution in [3.63, 3.8) is 0 Å². The molecule has 5 nitrogen and oxygen atoms in total. The first kappa shape index (κ1) is 17.8. The van der Waals surface area contributed by atoms with Gasteiger partial charge in [-0.1, -0.05) is 12.1 Å². The van der Waals surface area contributed by atoms with Crippen LogP contribution < -0.4 is 10.5 Å². The lowest BCUT2D eigenvalue weighted by Gasteiger charge is -2.33. The monoisotopic (exact) mass is 320 g/mol. The summed E-state index contributed by atoms with van der Waals surface area (Å²) in [5.74, 6) is 0.790. The zero-order chi connectivity index (χ0) is 16.7. The molecular formula is C18H28N2O3. The van der Waals surface area contributed by atoms with Gasteiger partial charge in [0.1, 0.15) is 5.75 Å². The lowest BCUT2D eigenvalue weighted by molar-refractivity contribution is -0.140. The fourth-order valence-electron chi connectivity index (χ4n) is 2.78. The van der Waals surface area contributed by atoms with Gasteiger partial charge in [0.2, 0.25) is 0 Å². The third-order valence-corrected chi connectivity index (χ3v) is 4.11. The van der Waals surface area contributed by atoms with Crippen molar-refractivity contribution >= 4 is 5.91 Å². The van der Waals surface area contributed by atoms with Gasteiger partial charge < -0.3 is 20.1 Å². The molecule has 1 fully saturated rings. The number of nitrogens with zero attached hydrogens (tertiary/aromatic N) is 1. The molecule has 1 unspecified atom stereocenters. The number of benzene rings is 1. The molecular weight excluding hydrogens is 292 g/mol. The zero-order valence-corrected chi connectivity index (χ0v) is 14.2. The summed E-state index contributed by atoms with van der Waals surface area (Å²) < 4.78 is 11.6. The second-order valence-electron chi connectivity index (χ2n) is 6.11. The van der Waals surface area contributed by atoms with Gasteiger partial charge in [-0.15, -0.1) is 0 Å². The molecule has 128 valence electrons. The van der Waals surface area contributed by atoms with E-state index in [-0.39, 0.29) is 12.0 Å². The molecule has 1 aromatic carbocycles. The molecule has 23 heavy (non-hydrogen) atoms. The highest BCUT2D eigenvalue weighted by atomic mass is 16.5. The molecule has 5 heteroatoms. The van der Waals surface area contributed by atoms with Gasteiger partial charge in [-0.25, -0.2) is 0 Å². The van der Waals surface area contributed by atoms with E-state index in [9.17, 15) is 4.79 Å². The van der Waals surface area contributed by atoms with Gasteiger partial charge in [0.25, 0.3) is 5.91 Å². The number of aryl methyl sites for hydroxylation is 1. The molecule has 0 bridgehead atoms. The molecule has 1 amide bonds. The predicted octanol–water partition coefficient (Wildman–Crippen LogP) is 2.12. The highest BCUT2D eigenvalue weighted by molar-refractivity contribution is 5.81. The van der Waals surface area contributed by atoms with Crippen molar-refractivity contribution in [1.29, 1.82) is 0 Å². The van der Waals surface area contributed by atoms with Crippen molar-refractivity contribution in [2.45, 2.75) is 45.3 Å². The summed E-state index contributed by atoms with van der Waals surface area (Å²) >= 11 is 0. The van der Waals surface area contributed by atoms with Crippen LogP contribution >= 0.6 is 0 Å². The van der Waals surface area contributed by atoms with Crippen LogP contribution in [0.15, 0.2) is 24.3 Å². The Bertz CT molecular complexity index is 499. The predicted molar refractivity (Wildman–Crippen MR) is 90.5 cm³/mol. The van der Waals surface area contributed by atoms with Crippen LogP contribution in [-0.2, 0) is 9.53 Å². The number of hydrogen-bond acceptors (Lipinski definition) is 4. The lowest BCUT2D eigenvalue weighted by Crippen LogP contribution is -2.46. The van der Waals surface area contributed by atoms with E-state index in [0.717, 1.165) is 43.7 Å². The van der Waals surface area contributed by atoms with E-state index in [0.29, 0.717) is 13.2 Å². The minimum absolute atomic E-state index is 0.0481. The molecule has 2 N–H and O–H groups in total. The van der Waals surface area contributed by atoms with Gasteiger partial charge in [0.15, 0.2) is 6.10 Å². The van der Waals surface area contributed by atoms with E-state index in [4.69, 9.17) is 15.2 Å². The SMILES string of the molecule is Cc1cccc(OC(C)C(=O)N2CCC(OCCCN)CC2)c1. The quantitative estimate of drug-likeness (QED) is 0.782. The maximum absolute atomic E-state index is 12.5. The van der Waals surface area contributed by atoms with Crippen LogP contribution in [0.25, 0.3) is 0 Å². The summed E-state index contributed by atoms with van der Waals surface area (Å²) in [6.07, 6.45) is 2.44. The molecule has 1 aliphatic rings. The number of amides is 1. The first-order valence-corrected chi connectivity index (χ1v) is 8.44. The number of carbonyl (C=O) groups is 1. The summed E-state index contributed by atoms with van der Waals surface area (Å²) in [6.45, 7) is 6.65. The molecule has 0 aliphatic carbocycles. The van der Waals surface area contributed by atoms with Crippen LogP contribution in [0.2, 0.25) is 0 Å². The van der Waals surface area contributed by atoms with E-state index < -0.39 is 6.10 Å². The maximum atomic E-state index is 12.5. The number of rotatable bonds is 7. The molecule has 0 saturated carbocycles. The van der Waals surface area contributed by atoms with Crippen molar-refractivity contribution in [3.8, 4) is 5.75 Å². The molecule has 1 aromatic rings. The number of ether oxygens (including phenoxy) is 2. The van der Waals surface area contributed by atoms with Gasteiger partial charge in [-0.3, -0.25) is 4.79 Å². The smallest absolute Gasteiger partial charge is 0.263 e. The minimum Gasteiger partial charge on any atom is -0.481 e. The van der Waals surface area contributed by atoms with E-state index in [2.05, 4.69) is 0 Å². The van der Waals surface area contributed by atoms with E-state index >= 15 is 0 Å². The average molecular weight is 320 g/mol. The molecule has 0 radical (unpaired) electrons. The third kappa shape index (κ3) is 5.52. The highest BCUT2D eigenvalue weighted by Gasteiger charge is 2.27. The summed E-state index contributed by atoms with van der Waals surface area (Å²) in [5.41, 5.74) is 6.59. The van der Waals surface area contributed by atoms with Crippen molar-refractivity contribution < 1.29 is 14.3 Å². The Morgan fingerprint density at radius 3 is 2.78 bits per heavy atom. The van der Waals surface area contributed by atoms with Gasteiger partial charge in [-0.2, -0.15) is 0 Å². The summed E-state index contributed by atoms with van der Waals surface area (Å²) in [6, 6.07) is 7.77. The summed E-state index contributed by atoms with van der Waals surface area (Å²) in [7, 11) is 0. The number of hydrogen-bond donors (Lipinski definition) is 1. The number of nitrogens with two attached hydrogens (primary N) is 1. The van der Waals surface area contributed by atoms with E-state index in [1.165, 1.54) is 0 Å². The van der Waals surface area contributed by atoms with Crippen LogP contribution in [0, 0.1) is 6.92 Å². The normalized spacial score (nSPS) is 17.1. The molecule has 2 rings (SSSR count). The van der Waals surface area contributed by atoms with Gasteiger partial charge in [-0.05, 0) is 57.4 Å². The Balaban J connectivity index is 1.77. The Morgan fingerprint density at radius 2 is 2.13 bits per heavy atom. The standard InChI is InChI=1S/C18H28N2O3/c1-14-5-3-6-17(13-14)23-15(2)18(21)20-10-7-16(8-11-20)22-12-4-9-19/h3,5-6,13,15-16H,4,7-12,19H2,1-2H3. The second kappa shape index (κ2) is 8.89. The van der Waals surface area contributed by atoms with Crippen LogP contribution in [0.5, 0.6) is 5.75 Å². The first-order chi connectivity index (χ1) is 11.1. The van der Waals surface area contributed by atoms with Crippen molar-refractivity contribution in [3.05, 3.63) is 29.8 Å². The van der Waals surface area contributed by atoms with Gasteiger partial charge in [0, 0.05) is 19.7 Å². The molecule has 1 aliphatic heterocycles. The highest BCUT2D eigenvalue weighted by Crippen LogP contribution is 2.18. The van der Waals surface area contributed by atoms with E-state index in [1.807, 2.05) is 43.0 Å². The second-order valence-corrected chi connectivity index (χ2v) is 6.11. The zero-order valence-electron chi connectivity index (χ0n) is 14.2. The number of carbonyl (C=O) groups excluding carboxylic acids is 1. The van der Waals surface area contributed by atoms with Crippen LogP contribution in [0.3, 0.4) is 0 Å². The Morgan fingerprint density at radius 1 is 1.39 bits per heavy atom. The summed E-state index contributed by atoms with van der Waals surface area (Å²) in [5, 5.41) is 0. The van der Waals surface area contributed by atoms with Crippen molar-refractivity contribution in [1.82, 2.24) is 4.90 Å². The molecule has 0 aromatic heterocycles. The Hall–Kier alpha value is -1.59. The number of likely N-dealkylation sites (tertiary alicyclic amines) is 1. The molecule has 1 heterocycles.